The van der Waals surface area contributed by atoms with Crippen molar-refractivity contribution in [1.29, 1.82) is 0 Å². The molecule has 3 atom stereocenters. The fourth-order valence-corrected chi connectivity index (χ4v) is 3.51. The van der Waals surface area contributed by atoms with Crippen molar-refractivity contribution in [3.8, 4) is 5.75 Å². The Kier molecular flexibility index (Phi) is 3.94. The van der Waals surface area contributed by atoms with Crippen LogP contribution in [0, 0.1) is 17.6 Å². The van der Waals surface area contributed by atoms with Gasteiger partial charge in [0.1, 0.15) is 17.4 Å². The topological polar surface area (TPSA) is 38.3 Å². The number of hydrogen-bond acceptors (Lipinski definition) is 2. The van der Waals surface area contributed by atoms with E-state index in [-0.39, 0.29) is 23.8 Å². The van der Waals surface area contributed by atoms with Gasteiger partial charge in [-0.15, -0.1) is 0 Å². The third kappa shape index (κ3) is 3.11. The third-order valence-corrected chi connectivity index (χ3v) is 5.06. The molecule has 0 radical (unpaired) electrons. The lowest BCUT2D eigenvalue weighted by Crippen LogP contribution is -2.28. The molecule has 4 rings (SSSR count). The summed E-state index contributed by atoms with van der Waals surface area (Å²) >= 11 is 0. The van der Waals surface area contributed by atoms with Crippen molar-refractivity contribution in [3.05, 3.63) is 64.7 Å². The van der Waals surface area contributed by atoms with E-state index in [1.54, 1.807) is 0 Å². The van der Waals surface area contributed by atoms with Crippen molar-refractivity contribution in [2.45, 2.75) is 31.7 Å². The fourth-order valence-electron chi connectivity index (χ4n) is 3.51. The molecule has 2 aromatic rings. The van der Waals surface area contributed by atoms with E-state index in [2.05, 4.69) is 11.4 Å². The van der Waals surface area contributed by atoms with Gasteiger partial charge in [0.15, 0.2) is 0 Å². The van der Waals surface area contributed by atoms with Crippen molar-refractivity contribution in [3.63, 3.8) is 0 Å². The highest BCUT2D eigenvalue weighted by atomic mass is 19.1. The third-order valence-electron chi connectivity index (χ3n) is 5.06. The van der Waals surface area contributed by atoms with Crippen molar-refractivity contribution in [1.82, 2.24) is 5.32 Å². The molecule has 0 bridgehead atoms. The van der Waals surface area contributed by atoms with Crippen molar-refractivity contribution < 1.29 is 18.3 Å². The Morgan fingerprint density at radius 1 is 1.24 bits per heavy atom. The van der Waals surface area contributed by atoms with Crippen LogP contribution in [0.3, 0.4) is 0 Å². The van der Waals surface area contributed by atoms with Crippen LogP contribution in [0.15, 0.2) is 36.4 Å². The summed E-state index contributed by atoms with van der Waals surface area (Å²) in [4.78, 5) is 12.5. The molecule has 3 unspecified atom stereocenters. The molecule has 3 nitrogen and oxygen atoms in total. The van der Waals surface area contributed by atoms with Gasteiger partial charge in [-0.1, -0.05) is 6.07 Å². The molecule has 1 N–H and O–H groups in total. The SMILES string of the molecule is CC(NC(=O)C1CC1c1cc(F)ccc1F)c1ccc2c(c1)CCO2. The first-order chi connectivity index (χ1) is 12.0. The highest BCUT2D eigenvalue weighted by Gasteiger charge is 2.45. The van der Waals surface area contributed by atoms with Crippen LogP contribution >= 0.6 is 0 Å². The first-order valence-corrected chi connectivity index (χ1v) is 8.54. The van der Waals surface area contributed by atoms with E-state index in [0.717, 1.165) is 35.4 Å². The Hall–Kier alpha value is -2.43. The summed E-state index contributed by atoms with van der Waals surface area (Å²) in [6.07, 6.45) is 1.43. The number of carbonyl (C=O) groups excluding carboxylic acids is 1. The molecule has 0 spiro atoms. The van der Waals surface area contributed by atoms with Crippen LogP contribution in [0.1, 0.15) is 42.0 Å². The predicted octanol–water partition coefficient (Wildman–Crippen LogP) is 3.88. The summed E-state index contributed by atoms with van der Waals surface area (Å²) in [7, 11) is 0. The minimum atomic E-state index is -0.476. The number of benzene rings is 2. The fraction of sp³-hybridized carbons (Fsp3) is 0.350. The largest absolute Gasteiger partial charge is 0.493 e. The molecule has 1 aliphatic carbocycles. The van der Waals surface area contributed by atoms with Crippen LogP contribution in [0.4, 0.5) is 8.78 Å². The lowest BCUT2D eigenvalue weighted by Gasteiger charge is -2.15. The maximum absolute atomic E-state index is 13.8. The van der Waals surface area contributed by atoms with Crippen molar-refractivity contribution >= 4 is 5.91 Å². The first kappa shape index (κ1) is 16.1. The summed E-state index contributed by atoms with van der Waals surface area (Å²) < 4.78 is 32.7. The van der Waals surface area contributed by atoms with E-state index in [9.17, 15) is 13.6 Å². The van der Waals surface area contributed by atoms with Crippen LogP contribution in [0.25, 0.3) is 0 Å². The van der Waals surface area contributed by atoms with Gasteiger partial charge in [0.2, 0.25) is 5.91 Å². The standard InChI is InChI=1S/C20H19F2NO2/c1-11(12-2-5-19-13(8-12)6-7-25-19)23-20(24)17-10-15(17)16-9-14(21)3-4-18(16)22/h2-5,8-9,11,15,17H,6-7,10H2,1H3,(H,23,24). The van der Waals surface area contributed by atoms with Crippen LogP contribution < -0.4 is 10.1 Å². The minimum absolute atomic E-state index is 0.113. The summed E-state index contributed by atoms with van der Waals surface area (Å²) in [6.45, 7) is 2.62. The van der Waals surface area contributed by atoms with E-state index >= 15 is 0 Å². The average Bonchev–Trinajstić information content (AvgIpc) is 3.25. The summed E-state index contributed by atoms with van der Waals surface area (Å²) in [5.41, 5.74) is 2.47. The van der Waals surface area contributed by atoms with Crippen LogP contribution in [-0.4, -0.2) is 12.5 Å². The molecule has 1 saturated carbocycles. The Labute approximate surface area is 145 Å². The summed E-state index contributed by atoms with van der Waals surface area (Å²) in [5, 5.41) is 2.99. The maximum atomic E-state index is 13.8. The van der Waals surface area contributed by atoms with Gasteiger partial charge >= 0.3 is 0 Å². The number of carbonyl (C=O) groups is 1. The molecule has 1 amide bonds. The number of ether oxygens (including phenoxy) is 1. The predicted molar refractivity (Wildman–Crippen MR) is 89.4 cm³/mol. The molecule has 2 aromatic carbocycles. The number of rotatable bonds is 4. The Bertz CT molecular complexity index is 836. The van der Waals surface area contributed by atoms with Gasteiger partial charge in [-0.2, -0.15) is 0 Å². The number of amides is 1. The number of hydrogen-bond donors (Lipinski definition) is 1. The van der Waals surface area contributed by atoms with Gasteiger partial charge in [0, 0.05) is 12.3 Å². The molecule has 1 aliphatic heterocycles. The van der Waals surface area contributed by atoms with E-state index in [0.29, 0.717) is 18.6 Å². The number of halogens is 2. The Morgan fingerprint density at radius 3 is 2.92 bits per heavy atom. The second-order valence-corrected chi connectivity index (χ2v) is 6.81. The van der Waals surface area contributed by atoms with Gasteiger partial charge in [-0.05, 0) is 66.3 Å². The average molecular weight is 343 g/mol. The molecular formula is C20H19F2NO2. The summed E-state index contributed by atoms with van der Waals surface area (Å²) in [6, 6.07) is 9.20. The van der Waals surface area contributed by atoms with Crippen LogP contribution in [-0.2, 0) is 11.2 Å². The van der Waals surface area contributed by atoms with E-state index in [4.69, 9.17) is 4.74 Å². The van der Waals surface area contributed by atoms with Gasteiger partial charge in [0.25, 0.3) is 0 Å². The van der Waals surface area contributed by atoms with E-state index in [1.165, 1.54) is 6.07 Å². The first-order valence-electron chi connectivity index (χ1n) is 8.54. The Balaban J connectivity index is 1.42. The highest BCUT2D eigenvalue weighted by Crippen LogP contribution is 2.48. The zero-order chi connectivity index (χ0) is 17.6. The molecule has 1 fully saturated rings. The maximum Gasteiger partial charge on any atom is 0.224 e. The molecule has 130 valence electrons. The second kappa shape index (κ2) is 6.14. The van der Waals surface area contributed by atoms with E-state index < -0.39 is 11.6 Å². The monoisotopic (exact) mass is 343 g/mol. The van der Waals surface area contributed by atoms with Crippen molar-refractivity contribution in [2.75, 3.05) is 6.61 Å². The van der Waals surface area contributed by atoms with Crippen LogP contribution in [0.5, 0.6) is 5.75 Å². The van der Waals surface area contributed by atoms with Gasteiger partial charge in [-0.3, -0.25) is 4.79 Å². The molecule has 5 heteroatoms. The van der Waals surface area contributed by atoms with Gasteiger partial charge in [0.05, 0.1) is 12.6 Å². The summed E-state index contributed by atoms with van der Waals surface area (Å²) in [5.74, 6) is -0.665. The molecule has 0 aromatic heterocycles. The number of fused-ring (bicyclic) bond motifs is 1. The smallest absolute Gasteiger partial charge is 0.224 e. The molecule has 25 heavy (non-hydrogen) atoms. The molecular weight excluding hydrogens is 324 g/mol. The zero-order valence-corrected chi connectivity index (χ0v) is 13.9. The Morgan fingerprint density at radius 2 is 2.08 bits per heavy atom. The lowest BCUT2D eigenvalue weighted by atomic mass is 10.0. The molecule has 1 heterocycles. The highest BCUT2D eigenvalue weighted by molar-refractivity contribution is 5.83. The second-order valence-electron chi connectivity index (χ2n) is 6.81. The lowest BCUT2D eigenvalue weighted by molar-refractivity contribution is -0.123. The van der Waals surface area contributed by atoms with E-state index in [1.807, 2.05) is 19.1 Å². The van der Waals surface area contributed by atoms with Gasteiger partial charge in [-0.25, -0.2) is 8.78 Å². The normalized spacial score (nSPS) is 22.0. The number of nitrogens with one attached hydrogen (secondary N) is 1. The van der Waals surface area contributed by atoms with Crippen LogP contribution in [0.2, 0.25) is 0 Å². The molecule has 2 aliphatic rings. The minimum Gasteiger partial charge on any atom is -0.493 e. The zero-order valence-electron chi connectivity index (χ0n) is 13.9. The van der Waals surface area contributed by atoms with Gasteiger partial charge < -0.3 is 10.1 Å². The quantitative estimate of drug-likeness (QED) is 0.915. The van der Waals surface area contributed by atoms with Crippen molar-refractivity contribution in [2.24, 2.45) is 5.92 Å². The molecule has 0 saturated heterocycles.